The number of hydrogen-bond acceptors (Lipinski definition) is 3. The molecule has 0 aromatic heterocycles. The number of anilines is 1. The van der Waals surface area contributed by atoms with Crippen molar-refractivity contribution < 1.29 is 13.2 Å². The molecule has 6 heteroatoms. The van der Waals surface area contributed by atoms with E-state index in [1.54, 1.807) is 32.9 Å². The first kappa shape index (κ1) is 15.2. The topological polar surface area (TPSA) is 63.2 Å². The molecule has 0 saturated carbocycles. The van der Waals surface area contributed by atoms with Gasteiger partial charge in [-0.2, -0.15) is 0 Å². The van der Waals surface area contributed by atoms with Gasteiger partial charge in [-0.05, 0) is 38.1 Å². The van der Waals surface area contributed by atoms with Gasteiger partial charge in [0.25, 0.3) is 0 Å². The molecule has 1 rings (SSSR count). The lowest BCUT2D eigenvalue weighted by molar-refractivity contribution is -0.117. The van der Waals surface area contributed by atoms with Gasteiger partial charge in [0.05, 0.1) is 15.0 Å². The molecule has 1 aromatic rings. The number of benzene rings is 1. The quantitative estimate of drug-likeness (QED) is 0.861. The highest BCUT2D eigenvalue weighted by atomic mass is 79.9. The monoisotopic (exact) mass is 333 g/mol. The number of hydrogen-bond donors (Lipinski definition) is 1. The Morgan fingerprint density at radius 1 is 1.28 bits per heavy atom. The van der Waals surface area contributed by atoms with Gasteiger partial charge < -0.3 is 5.32 Å². The van der Waals surface area contributed by atoms with E-state index in [0.717, 1.165) is 0 Å². The zero-order valence-corrected chi connectivity index (χ0v) is 12.9. The molecule has 100 valence electrons. The predicted octanol–water partition coefficient (Wildman–Crippen LogP) is 2.59. The molecule has 1 aromatic carbocycles. The van der Waals surface area contributed by atoms with Crippen molar-refractivity contribution in [3.63, 3.8) is 0 Å². The summed E-state index contributed by atoms with van der Waals surface area (Å²) in [6, 6.07) is 6.16. The average Bonchev–Trinajstić information content (AvgIpc) is 2.28. The van der Waals surface area contributed by atoms with Gasteiger partial charge in [-0.15, -0.1) is 0 Å². The molecule has 0 radical (unpaired) electrons. The first-order valence-corrected chi connectivity index (χ1v) is 7.94. The van der Waals surface area contributed by atoms with Gasteiger partial charge in [0.1, 0.15) is 0 Å². The molecule has 18 heavy (non-hydrogen) atoms. The Morgan fingerprint density at radius 2 is 1.78 bits per heavy atom. The Kier molecular flexibility index (Phi) is 4.55. The molecule has 4 nitrogen and oxygen atoms in total. The van der Waals surface area contributed by atoms with E-state index < -0.39 is 14.2 Å². The van der Waals surface area contributed by atoms with Crippen molar-refractivity contribution in [1.29, 1.82) is 0 Å². The lowest BCUT2D eigenvalue weighted by atomic mass is 10.2. The van der Waals surface area contributed by atoms with Crippen LogP contribution in [-0.4, -0.2) is 24.4 Å². The van der Waals surface area contributed by atoms with Crippen molar-refractivity contribution >= 4 is 37.4 Å². The van der Waals surface area contributed by atoms with E-state index in [1.807, 2.05) is 0 Å². The fraction of sp³-hybridized carbons (Fsp3) is 0.417. The summed E-state index contributed by atoms with van der Waals surface area (Å²) in [5.74, 6) is -0.124. The standard InChI is InChI=1S/C12H16BrNO3S/c1-4-18(16,17)10-7-5-9(6-8-10)14-11(15)12(2,3)13/h5-8H,4H2,1-3H3,(H,14,15). The summed E-state index contributed by atoms with van der Waals surface area (Å²) in [6.07, 6.45) is 0. The van der Waals surface area contributed by atoms with Crippen molar-refractivity contribution in [2.75, 3.05) is 11.1 Å². The molecule has 1 amide bonds. The molecule has 0 saturated heterocycles. The van der Waals surface area contributed by atoms with Crippen LogP contribution in [-0.2, 0) is 14.6 Å². The number of carbonyl (C=O) groups excluding carboxylic acids is 1. The number of sulfone groups is 1. The van der Waals surface area contributed by atoms with Gasteiger partial charge in [-0.1, -0.05) is 22.9 Å². The largest absolute Gasteiger partial charge is 0.325 e. The van der Waals surface area contributed by atoms with Gasteiger partial charge in [-0.25, -0.2) is 8.42 Å². The molecule has 0 atom stereocenters. The average molecular weight is 334 g/mol. The third-order valence-corrected chi connectivity index (χ3v) is 4.50. The number of halogens is 1. The smallest absolute Gasteiger partial charge is 0.240 e. The molecule has 0 heterocycles. The molecule has 0 aliphatic carbocycles. The van der Waals surface area contributed by atoms with Gasteiger partial charge >= 0.3 is 0 Å². The maximum atomic E-state index is 11.7. The highest BCUT2D eigenvalue weighted by Crippen LogP contribution is 2.20. The fourth-order valence-electron chi connectivity index (χ4n) is 1.19. The van der Waals surface area contributed by atoms with E-state index in [2.05, 4.69) is 21.2 Å². The van der Waals surface area contributed by atoms with Gasteiger partial charge in [0, 0.05) is 5.69 Å². The molecule has 0 fully saturated rings. The fourth-order valence-corrected chi connectivity index (χ4v) is 2.18. The van der Waals surface area contributed by atoms with Crippen LogP contribution >= 0.6 is 15.9 Å². The van der Waals surface area contributed by atoms with Crippen LogP contribution in [0.5, 0.6) is 0 Å². The van der Waals surface area contributed by atoms with Crippen LogP contribution in [0.3, 0.4) is 0 Å². The molecule has 0 bridgehead atoms. The van der Waals surface area contributed by atoms with E-state index >= 15 is 0 Å². The SMILES string of the molecule is CCS(=O)(=O)c1ccc(NC(=O)C(C)(C)Br)cc1. The zero-order chi connectivity index (χ0) is 14.0. The molecule has 0 unspecified atom stereocenters. The Bertz CT molecular complexity index is 529. The Morgan fingerprint density at radius 3 is 2.17 bits per heavy atom. The van der Waals surface area contributed by atoms with Gasteiger partial charge in [0.15, 0.2) is 9.84 Å². The molecule has 0 aliphatic heterocycles. The Balaban J connectivity index is 2.89. The van der Waals surface area contributed by atoms with Crippen LogP contribution in [0.4, 0.5) is 5.69 Å². The lowest BCUT2D eigenvalue weighted by Gasteiger charge is -2.15. The third-order valence-electron chi connectivity index (χ3n) is 2.39. The second-order valence-electron chi connectivity index (χ2n) is 4.35. The summed E-state index contributed by atoms with van der Waals surface area (Å²) in [5, 5.41) is 2.70. The van der Waals surface area contributed by atoms with Crippen molar-refractivity contribution in [3.05, 3.63) is 24.3 Å². The molecular weight excluding hydrogens is 318 g/mol. The highest BCUT2D eigenvalue weighted by molar-refractivity contribution is 9.10. The third kappa shape index (κ3) is 3.81. The number of carbonyl (C=O) groups is 1. The summed E-state index contributed by atoms with van der Waals surface area (Å²) in [5.41, 5.74) is 0.572. The minimum absolute atomic E-state index is 0.0626. The van der Waals surface area contributed by atoms with Gasteiger partial charge in [-0.3, -0.25) is 4.79 Å². The Hall–Kier alpha value is -0.880. The lowest BCUT2D eigenvalue weighted by Crippen LogP contribution is -2.30. The maximum Gasteiger partial charge on any atom is 0.240 e. The molecule has 1 N–H and O–H groups in total. The molecule has 0 spiro atoms. The summed E-state index contributed by atoms with van der Waals surface area (Å²) < 4.78 is 22.5. The second kappa shape index (κ2) is 5.40. The van der Waals surface area contributed by atoms with Gasteiger partial charge in [0.2, 0.25) is 5.91 Å². The normalized spacial score (nSPS) is 12.2. The van der Waals surface area contributed by atoms with Crippen LogP contribution in [0, 0.1) is 0 Å². The van der Waals surface area contributed by atoms with Crippen molar-refractivity contribution in [3.8, 4) is 0 Å². The second-order valence-corrected chi connectivity index (χ2v) is 8.62. The van der Waals surface area contributed by atoms with Crippen LogP contribution in [0.2, 0.25) is 0 Å². The molecular formula is C12H16BrNO3S. The van der Waals surface area contributed by atoms with E-state index in [-0.39, 0.29) is 16.6 Å². The zero-order valence-electron chi connectivity index (χ0n) is 10.5. The first-order valence-electron chi connectivity index (χ1n) is 5.50. The van der Waals surface area contributed by atoms with E-state index in [0.29, 0.717) is 5.69 Å². The van der Waals surface area contributed by atoms with Crippen LogP contribution < -0.4 is 5.32 Å². The number of nitrogens with one attached hydrogen (secondary N) is 1. The minimum Gasteiger partial charge on any atom is -0.325 e. The van der Waals surface area contributed by atoms with Crippen molar-refractivity contribution in [2.24, 2.45) is 0 Å². The summed E-state index contributed by atoms with van der Waals surface area (Å²) in [7, 11) is -3.19. The summed E-state index contributed by atoms with van der Waals surface area (Å²) >= 11 is 3.25. The number of amides is 1. The van der Waals surface area contributed by atoms with Crippen molar-refractivity contribution in [1.82, 2.24) is 0 Å². The summed E-state index contributed by atoms with van der Waals surface area (Å²) in [6.45, 7) is 5.06. The van der Waals surface area contributed by atoms with Crippen LogP contribution in [0.1, 0.15) is 20.8 Å². The Labute approximate surface area is 116 Å². The van der Waals surface area contributed by atoms with Crippen LogP contribution in [0.25, 0.3) is 0 Å². The number of alkyl halides is 1. The van der Waals surface area contributed by atoms with E-state index in [9.17, 15) is 13.2 Å². The van der Waals surface area contributed by atoms with Crippen molar-refractivity contribution in [2.45, 2.75) is 30.0 Å². The summed E-state index contributed by atoms with van der Waals surface area (Å²) in [4.78, 5) is 12.0. The van der Waals surface area contributed by atoms with E-state index in [1.165, 1.54) is 12.1 Å². The maximum absolute atomic E-state index is 11.7. The molecule has 0 aliphatic rings. The first-order chi connectivity index (χ1) is 8.16. The van der Waals surface area contributed by atoms with E-state index in [4.69, 9.17) is 0 Å². The van der Waals surface area contributed by atoms with Crippen LogP contribution in [0.15, 0.2) is 29.2 Å². The highest BCUT2D eigenvalue weighted by Gasteiger charge is 2.23. The minimum atomic E-state index is -3.19. The predicted molar refractivity (Wildman–Crippen MR) is 75.8 cm³/mol. The number of rotatable bonds is 4.